The lowest BCUT2D eigenvalue weighted by Crippen LogP contribution is -2.57. The molecule has 8 heteroatoms. The summed E-state index contributed by atoms with van der Waals surface area (Å²) in [4.78, 5) is 46.4. The number of piperidine rings is 1. The molecule has 1 aromatic heterocycles. The molecule has 0 bridgehead atoms. The Kier molecular flexibility index (Phi) is 5.51. The predicted octanol–water partition coefficient (Wildman–Crippen LogP) is 2.12. The zero-order chi connectivity index (χ0) is 21.3. The van der Waals surface area contributed by atoms with E-state index < -0.39 is 5.54 Å². The third-order valence-electron chi connectivity index (χ3n) is 6.02. The van der Waals surface area contributed by atoms with Crippen molar-refractivity contribution >= 4 is 34.7 Å². The van der Waals surface area contributed by atoms with E-state index in [-0.39, 0.29) is 24.3 Å². The van der Waals surface area contributed by atoms with Gasteiger partial charge in [0.2, 0.25) is 5.91 Å². The number of para-hydroxylation sites is 1. The van der Waals surface area contributed by atoms with E-state index in [2.05, 4.69) is 4.90 Å². The summed E-state index contributed by atoms with van der Waals surface area (Å²) in [5.74, 6) is -0.0975. The number of thiophene rings is 1. The van der Waals surface area contributed by atoms with Crippen molar-refractivity contribution in [2.75, 3.05) is 45.3 Å². The number of carbonyl (C=O) groups is 3. The fraction of sp³-hybridized carbons (Fsp3) is 0.409. The lowest BCUT2D eigenvalue weighted by Gasteiger charge is -2.43. The van der Waals surface area contributed by atoms with Crippen molar-refractivity contribution < 1.29 is 14.4 Å². The van der Waals surface area contributed by atoms with Crippen molar-refractivity contribution in [3.05, 3.63) is 52.7 Å². The van der Waals surface area contributed by atoms with Crippen LogP contribution in [0.15, 0.2) is 47.8 Å². The van der Waals surface area contributed by atoms with E-state index in [0.29, 0.717) is 32.6 Å². The molecule has 3 heterocycles. The van der Waals surface area contributed by atoms with Crippen LogP contribution in [0.25, 0.3) is 0 Å². The maximum Gasteiger partial charge on any atom is 0.263 e. The van der Waals surface area contributed by atoms with Crippen LogP contribution in [0, 0.1) is 0 Å². The molecule has 0 N–H and O–H groups in total. The second kappa shape index (κ2) is 8.10. The van der Waals surface area contributed by atoms with E-state index >= 15 is 0 Å². The summed E-state index contributed by atoms with van der Waals surface area (Å²) >= 11 is 1.44. The summed E-state index contributed by atoms with van der Waals surface area (Å²) in [6.07, 6.45) is 1.09. The summed E-state index contributed by atoms with van der Waals surface area (Å²) in [7, 11) is 3.39. The van der Waals surface area contributed by atoms with Gasteiger partial charge >= 0.3 is 0 Å². The van der Waals surface area contributed by atoms with Crippen molar-refractivity contribution in [3.63, 3.8) is 0 Å². The molecule has 30 heavy (non-hydrogen) atoms. The zero-order valence-electron chi connectivity index (χ0n) is 17.3. The number of hydrogen-bond donors (Lipinski definition) is 0. The van der Waals surface area contributed by atoms with E-state index in [1.165, 1.54) is 16.2 Å². The first kappa shape index (κ1) is 20.4. The lowest BCUT2D eigenvalue weighted by molar-refractivity contribution is -0.139. The molecular weight excluding hydrogens is 400 g/mol. The smallest absolute Gasteiger partial charge is 0.263 e. The van der Waals surface area contributed by atoms with E-state index in [1.807, 2.05) is 52.7 Å². The fourth-order valence-corrected chi connectivity index (χ4v) is 4.95. The molecular formula is C22H26N4O3S. The minimum absolute atomic E-state index is 0.0234. The first-order chi connectivity index (χ1) is 14.4. The highest BCUT2D eigenvalue weighted by molar-refractivity contribution is 7.12. The van der Waals surface area contributed by atoms with Crippen LogP contribution >= 0.6 is 11.3 Å². The molecule has 2 aliphatic heterocycles. The van der Waals surface area contributed by atoms with Gasteiger partial charge in [-0.05, 0) is 36.4 Å². The molecule has 0 unspecified atom stereocenters. The number of hydrogen-bond acceptors (Lipinski definition) is 5. The maximum atomic E-state index is 13.5. The molecule has 0 aliphatic carbocycles. The third kappa shape index (κ3) is 3.56. The highest BCUT2D eigenvalue weighted by Gasteiger charge is 2.54. The average molecular weight is 427 g/mol. The Hall–Kier alpha value is -2.87. The SMILES string of the molecule is CN(C)C(=O)CN1CN(c2ccccc2)C2(CCN(C(=O)c3cccs3)CC2)C1=O. The van der Waals surface area contributed by atoms with E-state index in [0.717, 1.165) is 10.6 Å². The number of benzene rings is 1. The standard InChI is InChI=1S/C22H26N4O3S/c1-23(2)19(27)15-25-16-26(17-7-4-3-5-8-17)22(21(25)29)10-12-24(13-11-22)20(28)18-9-6-14-30-18/h3-9,14H,10-13,15-16H2,1-2H3. The van der Waals surface area contributed by atoms with Gasteiger partial charge in [-0.1, -0.05) is 24.3 Å². The Morgan fingerprint density at radius 2 is 1.77 bits per heavy atom. The fourth-order valence-electron chi connectivity index (χ4n) is 4.26. The quantitative estimate of drug-likeness (QED) is 0.751. The lowest BCUT2D eigenvalue weighted by atomic mass is 9.85. The topological polar surface area (TPSA) is 64.2 Å². The van der Waals surface area contributed by atoms with Gasteiger partial charge in [-0.25, -0.2) is 0 Å². The molecule has 2 aliphatic rings. The van der Waals surface area contributed by atoms with Crippen LogP contribution in [0.1, 0.15) is 22.5 Å². The van der Waals surface area contributed by atoms with Crippen LogP contribution in [0.5, 0.6) is 0 Å². The minimum atomic E-state index is -0.722. The molecule has 0 saturated carbocycles. The molecule has 2 fully saturated rings. The van der Waals surface area contributed by atoms with E-state index in [4.69, 9.17) is 0 Å². The van der Waals surface area contributed by atoms with Crippen molar-refractivity contribution in [3.8, 4) is 0 Å². The van der Waals surface area contributed by atoms with Crippen LogP contribution in [-0.4, -0.2) is 78.4 Å². The van der Waals surface area contributed by atoms with Crippen LogP contribution in [0.3, 0.4) is 0 Å². The number of nitrogens with zero attached hydrogens (tertiary/aromatic N) is 4. The van der Waals surface area contributed by atoms with Gasteiger partial charge in [-0.15, -0.1) is 11.3 Å². The highest BCUT2D eigenvalue weighted by atomic mass is 32.1. The van der Waals surface area contributed by atoms with Gasteiger partial charge in [0.1, 0.15) is 12.1 Å². The first-order valence-electron chi connectivity index (χ1n) is 10.1. The van der Waals surface area contributed by atoms with Gasteiger partial charge in [0.15, 0.2) is 0 Å². The second-order valence-corrected chi connectivity index (χ2v) is 8.95. The number of amides is 3. The number of carbonyl (C=O) groups excluding carboxylic acids is 3. The van der Waals surface area contributed by atoms with Gasteiger partial charge in [0.25, 0.3) is 11.8 Å². The van der Waals surface area contributed by atoms with E-state index in [9.17, 15) is 14.4 Å². The van der Waals surface area contributed by atoms with Crippen LogP contribution in [0.4, 0.5) is 5.69 Å². The number of likely N-dealkylation sites (tertiary alicyclic amines) is 1. The third-order valence-corrected chi connectivity index (χ3v) is 6.87. The van der Waals surface area contributed by atoms with Gasteiger partial charge < -0.3 is 19.6 Å². The van der Waals surface area contributed by atoms with Crippen molar-refractivity contribution in [2.45, 2.75) is 18.4 Å². The van der Waals surface area contributed by atoms with E-state index in [1.54, 1.807) is 19.0 Å². The average Bonchev–Trinajstić information content (AvgIpc) is 3.38. The Labute approximate surface area is 180 Å². The number of rotatable bonds is 4. The van der Waals surface area contributed by atoms with Gasteiger partial charge in [0, 0.05) is 32.9 Å². The minimum Gasteiger partial charge on any atom is -0.347 e. The Morgan fingerprint density at radius 3 is 2.37 bits per heavy atom. The van der Waals surface area contributed by atoms with Gasteiger partial charge in [0.05, 0.1) is 11.5 Å². The molecule has 7 nitrogen and oxygen atoms in total. The molecule has 158 valence electrons. The Morgan fingerprint density at radius 1 is 1.07 bits per heavy atom. The molecule has 1 spiro atoms. The van der Waals surface area contributed by atoms with Gasteiger partial charge in [-0.3, -0.25) is 14.4 Å². The number of likely N-dealkylation sites (N-methyl/N-ethyl adjacent to an activating group) is 1. The summed E-state index contributed by atoms with van der Waals surface area (Å²) in [5.41, 5.74) is 0.240. The van der Waals surface area contributed by atoms with Crippen molar-refractivity contribution in [2.24, 2.45) is 0 Å². The number of anilines is 1. The predicted molar refractivity (Wildman–Crippen MR) is 116 cm³/mol. The molecule has 2 aromatic rings. The van der Waals surface area contributed by atoms with Crippen LogP contribution in [0.2, 0.25) is 0 Å². The second-order valence-electron chi connectivity index (χ2n) is 8.00. The molecule has 0 radical (unpaired) electrons. The first-order valence-corrected chi connectivity index (χ1v) is 11.0. The summed E-state index contributed by atoms with van der Waals surface area (Å²) in [5, 5.41) is 1.90. The Bertz CT molecular complexity index is 921. The summed E-state index contributed by atoms with van der Waals surface area (Å²) in [6, 6.07) is 13.6. The van der Waals surface area contributed by atoms with Crippen molar-refractivity contribution in [1.29, 1.82) is 0 Å². The zero-order valence-corrected chi connectivity index (χ0v) is 18.1. The van der Waals surface area contributed by atoms with Crippen LogP contribution < -0.4 is 4.90 Å². The van der Waals surface area contributed by atoms with Crippen LogP contribution in [-0.2, 0) is 9.59 Å². The molecule has 4 rings (SSSR count). The maximum absolute atomic E-state index is 13.5. The van der Waals surface area contributed by atoms with Gasteiger partial charge in [-0.2, -0.15) is 0 Å². The summed E-state index contributed by atoms with van der Waals surface area (Å²) in [6.45, 7) is 1.47. The highest BCUT2D eigenvalue weighted by Crippen LogP contribution is 2.39. The Balaban J connectivity index is 1.58. The monoisotopic (exact) mass is 426 g/mol. The molecule has 1 aromatic carbocycles. The molecule has 2 saturated heterocycles. The molecule has 0 atom stereocenters. The van der Waals surface area contributed by atoms with Crippen molar-refractivity contribution in [1.82, 2.24) is 14.7 Å². The largest absolute Gasteiger partial charge is 0.347 e. The molecule has 3 amide bonds. The summed E-state index contributed by atoms with van der Waals surface area (Å²) < 4.78 is 0. The normalized spacial score (nSPS) is 18.2.